The maximum absolute atomic E-state index is 10.9. The van der Waals surface area contributed by atoms with E-state index in [-0.39, 0.29) is 6.42 Å². The number of aryl methyl sites for hydroxylation is 1. The molecule has 0 atom stereocenters. The van der Waals surface area contributed by atoms with Crippen LogP contribution in [-0.2, 0) is 11.2 Å². The van der Waals surface area contributed by atoms with Gasteiger partial charge in [-0.2, -0.15) is 0 Å². The van der Waals surface area contributed by atoms with Crippen molar-refractivity contribution in [1.29, 1.82) is 0 Å². The van der Waals surface area contributed by atoms with Crippen molar-refractivity contribution in [3.05, 3.63) is 64.7 Å². The zero-order valence-corrected chi connectivity index (χ0v) is 15.1. The van der Waals surface area contributed by atoms with Gasteiger partial charge in [0, 0.05) is 6.42 Å². The van der Waals surface area contributed by atoms with Gasteiger partial charge in [-0.1, -0.05) is 43.3 Å². The number of hydrogen-bond donors (Lipinski definition) is 1. The molecule has 0 bridgehead atoms. The van der Waals surface area contributed by atoms with Crippen molar-refractivity contribution in [2.24, 2.45) is 0 Å². The molecule has 1 heterocycles. The number of para-hydroxylation sites is 1. The Morgan fingerprint density at radius 2 is 1.88 bits per heavy atom. The van der Waals surface area contributed by atoms with Gasteiger partial charge in [0.25, 0.3) is 0 Å². The standard InChI is InChI=1S/C21H21NO2S/c1-2-15-10-12-16(13-11-15)14-17(6-5-9-20(23)24)21-22-18-7-3-4-8-19(18)25-21/h3-4,7-8,10-14H,2,5-6,9H2,1H3,(H,23,24)/b17-14+. The fourth-order valence-electron chi connectivity index (χ4n) is 2.73. The van der Waals surface area contributed by atoms with Crippen LogP contribution in [0.1, 0.15) is 42.3 Å². The molecular weight excluding hydrogens is 330 g/mol. The Balaban J connectivity index is 1.92. The third-order valence-corrected chi connectivity index (χ3v) is 5.25. The van der Waals surface area contributed by atoms with E-state index in [1.54, 1.807) is 11.3 Å². The third-order valence-electron chi connectivity index (χ3n) is 4.13. The summed E-state index contributed by atoms with van der Waals surface area (Å²) in [5.41, 5.74) is 4.53. The molecule has 4 heteroatoms. The highest BCUT2D eigenvalue weighted by Gasteiger charge is 2.10. The van der Waals surface area contributed by atoms with Crippen molar-refractivity contribution in [2.45, 2.75) is 32.6 Å². The average Bonchev–Trinajstić information content (AvgIpc) is 3.05. The second kappa shape index (κ2) is 8.08. The van der Waals surface area contributed by atoms with E-state index >= 15 is 0 Å². The maximum atomic E-state index is 10.9. The summed E-state index contributed by atoms with van der Waals surface area (Å²) in [4.78, 5) is 15.6. The van der Waals surface area contributed by atoms with E-state index < -0.39 is 5.97 Å². The van der Waals surface area contributed by atoms with Crippen molar-refractivity contribution >= 4 is 39.2 Å². The summed E-state index contributed by atoms with van der Waals surface area (Å²) in [6, 6.07) is 16.6. The van der Waals surface area contributed by atoms with E-state index in [2.05, 4.69) is 43.3 Å². The van der Waals surface area contributed by atoms with E-state index in [9.17, 15) is 4.79 Å². The molecule has 0 amide bonds. The van der Waals surface area contributed by atoms with Gasteiger partial charge in [0.1, 0.15) is 5.01 Å². The predicted octanol–water partition coefficient (Wildman–Crippen LogP) is 5.65. The van der Waals surface area contributed by atoms with Crippen molar-refractivity contribution in [3.63, 3.8) is 0 Å². The minimum Gasteiger partial charge on any atom is -0.481 e. The summed E-state index contributed by atoms with van der Waals surface area (Å²) in [5, 5.41) is 9.90. The highest BCUT2D eigenvalue weighted by atomic mass is 32.1. The van der Waals surface area contributed by atoms with Gasteiger partial charge in [0.15, 0.2) is 0 Å². The quantitative estimate of drug-likeness (QED) is 0.598. The molecular formula is C21H21NO2S. The van der Waals surface area contributed by atoms with Gasteiger partial charge in [-0.15, -0.1) is 11.3 Å². The number of aromatic nitrogens is 1. The summed E-state index contributed by atoms with van der Waals surface area (Å²) in [6.07, 6.45) is 4.66. The monoisotopic (exact) mass is 351 g/mol. The highest BCUT2D eigenvalue weighted by Crippen LogP contribution is 2.31. The number of carboxylic acids is 1. The summed E-state index contributed by atoms with van der Waals surface area (Å²) in [7, 11) is 0. The number of fused-ring (bicyclic) bond motifs is 1. The summed E-state index contributed by atoms with van der Waals surface area (Å²) >= 11 is 1.66. The number of thiazole rings is 1. The van der Waals surface area contributed by atoms with Gasteiger partial charge >= 0.3 is 5.97 Å². The van der Waals surface area contributed by atoms with Crippen molar-refractivity contribution in [2.75, 3.05) is 0 Å². The normalized spacial score (nSPS) is 11.8. The molecule has 1 N–H and O–H groups in total. The Kier molecular flexibility index (Phi) is 5.61. The molecule has 25 heavy (non-hydrogen) atoms. The van der Waals surface area contributed by atoms with E-state index in [1.807, 2.05) is 18.2 Å². The number of hydrogen-bond acceptors (Lipinski definition) is 3. The lowest BCUT2D eigenvalue weighted by atomic mass is 10.0. The van der Waals surface area contributed by atoms with Crippen LogP contribution in [0.2, 0.25) is 0 Å². The smallest absolute Gasteiger partial charge is 0.303 e. The molecule has 0 aliphatic carbocycles. The first kappa shape index (κ1) is 17.4. The SMILES string of the molecule is CCc1ccc(/C=C(\CCCC(=O)O)c2nc3ccccc3s2)cc1. The summed E-state index contributed by atoms with van der Waals surface area (Å²) in [5.74, 6) is -0.754. The molecule has 2 aromatic carbocycles. The Bertz CT molecular complexity index is 861. The van der Waals surface area contributed by atoms with Crippen molar-refractivity contribution < 1.29 is 9.90 Å². The predicted molar refractivity (Wildman–Crippen MR) is 105 cm³/mol. The van der Waals surface area contributed by atoms with Crippen LogP contribution in [0, 0.1) is 0 Å². The molecule has 0 aliphatic heterocycles. The molecule has 3 aromatic rings. The van der Waals surface area contributed by atoms with E-state index in [0.717, 1.165) is 32.8 Å². The van der Waals surface area contributed by atoms with Crippen LogP contribution in [0.4, 0.5) is 0 Å². The average molecular weight is 351 g/mol. The van der Waals surface area contributed by atoms with Gasteiger partial charge < -0.3 is 5.11 Å². The number of benzene rings is 2. The third kappa shape index (κ3) is 4.54. The van der Waals surface area contributed by atoms with E-state index in [4.69, 9.17) is 10.1 Å². The lowest BCUT2D eigenvalue weighted by Crippen LogP contribution is -1.94. The van der Waals surface area contributed by atoms with Gasteiger partial charge in [-0.25, -0.2) is 4.98 Å². The van der Waals surface area contributed by atoms with Crippen LogP contribution in [-0.4, -0.2) is 16.1 Å². The molecule has 0 saturated carbocycles. The molecule has 0 spiro atoms. The Morgan fingerprint density at radius 3 is 2.56 bits per heavy atom. The topological polar surface area (TPSA) is 50.2 Å². The molecule has 3 rings (SSSR count). The van der Waals surface area contributed by atoms with Gasteiger partial charge in [-0.05, 0) is 54.2 Å². The van der Waals surface area contributed by atoms with Crippen LogP contribution in [0.15, 0.2) is 48.5 Å². The van der Waals surface area contributed by atoms with Crippen LogP contribution in [0.3, 0.4) is 0 Å². The van der Waals surface area contributed by atoms with Crippen LogP contribution >= 0.6 is 11.3 Å². The molecule has 128 valence electrons. The number of allylic oxidation sites excluding steroid dienone is 1. The van der Waals surface area contributed by atoms with Gasteiger partial charge in [-0.3, -0.25) is 4.79 Å². The molecule has 0 fully saturated rings. The first-order valence-electron chi connectivity index (χ1n) is 8.53. The minimum atomic E-state index is -0.754. The van der Waals surface area contributed by atoms with Crippen molar-refractivity contribution in [1.82, 2.24) is 4.98 Å². The largest absolute Gasteiger partial charge is 0.481 e. The first-order chi connectivity index (χ1) is 12.2. The maximum Gasteiger partial charge on any atom is 0.303 e. The van der Waals surface area contributed by atoms with Gasteiger partial charge in [0.05, 0.1) is 10.2 Å². The minimum absolute atomic E-state index is 0.178. The fourth-order valence-corrected chi connectivity index (χ4v) is 3.74. The second-order valence-electron chi connectivity index (χ2n) is 6.00. The number of carboxylic acid groups (broad SMARTS) is 1. The van der Waals surface area contributed by atoms with Crippen LogP contribution < -0.4 is 0 Å². The Labute approximate surface area is 151 Å². The number of rotatable bonds is 7. The first-order valence-corrected chi connectivity index (χ1v) is 9.34. The number of nitrogens with zero attached hydrogens (tertiary/aromatic N) is 1. The zero-order valence-electron chi connectivity index (χ0n) is 14.2. The molecule has 3 nitrogen and oxygen atoms in total. The zero-order chi connectivity index (χ0) is 17.6. The molecule has 0 radical (unpaired) electrons. The molecule has 0 unspecified atom stereocenters. The molecule has 0 aliphatic rings. The number of carbonyl (C=O) groups is 1. The van der Waals surface area contributed by atoms with Crippen molar-refractivity contribution in [3.8, 4) is 0 Å². The molecule has 0 saturated heterocycles. The van der Waals surface area contributed by atoms with Crippen LogP contribution in [0.25, 0.3) is 21.9 Å². The Morgan fingerprint density at radius 1 is 1.12 bits per heavy atom. The summed E-state index contributed by atoms with van der Waals surface area (Å²) < 4.78 is 1.16. The lowest BCUT2D eigenvalue weighted by Gasteiger charge is -2.05. The number of aliphatic carboxylic acids is 1. The molecule has 1 aromatic heterocycles. The highest BCUT2D eigenvalue weighted by molar-refractivity contribution is 7.19. The summed E-state index contributed by atoms with van der Waals surface area (Å²) in [6.45, 7) is 2.14. The second-order valence-corrected chi connectivity index (χ2v) is 7.03. The van der Waals surface area contributed by atoms with E-state index in [1.165, 1.54) is 5.56 Å². The lowest BCUT2D eigenvalue weighted by molar-refractivity contribution is -0.137. The van der Waals surface area contributed by atoms with Gasteiger partial charge in [0.2, 0.25) is 0 Å². The van der Waals surface area contributed by atoms with E-state index in [0.29, 0.717) is 12.8 Å². The fraction of sp³-hybridized carbons (Fsp3) is 0.238. The Hall–Kier alpha value is -2.46. The van der Waals surface area contributed by atoms with Crippen LogP contribution in [0.5, 0.6) is 0 Å².